The number of rotatable bonds is 5. The summed E-state index contributed by atoms with van der Waals surface area (Å²) >= 11 is 1.52. The summed E-state index contributed by atoms with van der Waals surface area (Å²) in [5.74, 6) is -0.197. The lowest BCUT2D eigenvalue weighted by atomic mass is 9.97. The molecule has 156 valence electrons. The number of H-pyrrole nitrogens is 1. The van der Waals surface area contributed by atoms with Gasteiger partial charge in [-0.2, -0.15) is 0 Å². The number of benzene rings is 3. The third-order valence-electron chi connectivity index (χ3n) is 5.82. The minimum atomic E-state index is -0.197. The van der Waals surface area contributed by atoms with Crippen molar-refractivity contribution in [2.45, 2.75) is 13.0 Å². The minimum Gasteiger partial charge on any atom is -0.361 e. The maximum absolute atomic E-state index is 14.4. The molecule has 0 fully saturated rings. The Morgan fingerprint density at radius 2 is 1.91 bits per heavy atom. The van der Waals surface area contributed by atoms with Gasteiger partial charge < -0.3 is 10.3 Å². The van der Waals surface area contributed by atoms with E-state index in [2.05, 4.69) is 69.0 Å². The van der Waals surface area contributed by atoms with E-state index in [0.717, 1.165) is 38.8 Å². The monoisotopic (exact) mass is 438 g/mol. The van der Waals surface area contributed by atoms with Crippen molar-refractivity contribution < 1.29 is 4.39 Å². The van der Waals surface area contributed by atoms with Crippen LogP contribution in [0.2, 0.25) is 0 Å². The first kappa shape index (κ1) is 19.0. The standard InChI is InChI=1S/C26H19FN4S/c27-23-4-2-1-3-21(23)20-9-8-17-6-7-19(14-22(17)20)25-30-31-26(32-25)29-15-16-5-10-24-18(13-16)11-12-28-24/h1-7,9-14,28H,8,15H2,(H,29,31). The van der Waals surface area contributed by atoms with Crippen LogP contribution in [0.4, 0.5) is 9.52 Å². The fourth-order valence-corrected chi connectivity index (χ4v) is 4.93. The Kier molecular flexibility index (Phi) is 4.58. The van der Waals surface area contributed by atoms with E-state index >= 15 is 0 Å². The maximum Gasteiger partial charge on any atom is 0.206 e. The zero-order valence-electron chi connectivity index (χ0n) is 17.1. The summed E-state index contributed by atoms with van der Waals surface area (Å²) in [4.78, 5) is 3.21. The van der Waals surface area contributed by atoms with Crippen LogP contribution in [-0.2, 0) is 13.0 Å². The van der Waals surface area contributed by atoms with Gasteiger partial charge >= 0.3 is 0 Å². The third kappa shape index (κ3) is 3.39. The second kappa shape index (κ2) is 7.73. The second-order valence-electron chi connectivity index (χ2n) is 7.84. The molecule has 2 heterocycles. The van der Waals surface area contributed by atoms with Gasteiger partial charge in [-0.3, -0.25) is 0 Å². The van der Waals surface area contributed by atoms with E-state index in [1.807, 2.05) is 18.3 Å². The molecule has 6 heteroatoms. The summed E-state index contributed by atoms with van der Waals surface area (Å²) in [6.45, 7) is 0.681. The van der Waals surface area contributed by atoms with Crippen molar-refractivity contribution in [1.82, 2.24) is 15.2 Å². The first-order valence-corrected chi connectivity index (χ1v) is 11.3. The van der Waals surface area contributed by atoms with Crippen LogP contribution >= 0.6 is 11.3 Å². The predicted molar refractivity (Wildman–Crippen MR) is 128 cm³/mol. The Morgan fingerprint density at radius 1 is 0.969 bits per heavy atom. The van der Waals surface area contributed by atoms with Gasteiger partial charge in [0.25, 0.3) is 0 Å². The van der Waals surface area contributed by atoms with Crippen LogP contribution in [0.5, 0.6) is 0 Å². The van der Waals surface area contributed by atoms with E-state index in [4.69, 9.17) is 0 Å². The molecule has 0 aliphatic heterocycles. The lowest BCUT2D eigenvalue weighted by Crippen LogP contribution is -1.98. The summed E-state index contributed by atoms with van der Waals surface area (Å²) in [7, 11) is 0. The Labute approximate surface area is 188 Å². The zero-order valence-corrected chi connectivity index (χ0v) is 17.9. The number of hydrogen-bond acceptors (Lipinski definition) is 4. The van der Waals surface area contributed by atoms with Crippen molar-refractivity contribution in [3.63, 3.8) is 0 Å². The Hall–Kier alpha value is -3.77. The van der Waals surface area contributed by atoms with Crippen molar-refractivity contribution in [2.75, 3.05) is 5.32 Å². The summed E-state index contributed by atoms with van der Waals surface area (Å²) in [6, 6.07) is 21.6. The van der Waals surface area contributed by atoms with Crippen LogP contribution in [0.1, 0.15) is 22.3 Å². The zero-order chi connectivity index (χ0) is 21.5. The smallest absolute Gasteiger partial charge is 0.206 e. The molecule has 6 rings (SSSR count). The topological polar surface area (TPSA) is 53.6 Å². The highest BCUT2D eigenvalue weighted by Gasteiger charge is 2.19. The number of aromatic amines is 1. The molecule has 5 aromatic rings. The molecule has 4 nitrogen and oxygen atoms in total. The van der Waals surface area contributed by atoms with Gasteiger partial charge in [-0.15, -0.1) is 10.2 Å². The lowest BCUT2D eigenvalue weighted by Gasteiger charge is -2.09. The van der Waals surface area contributed by atoms with Crippen LogP contribution in [0.15, 0.2) is 79.0 Å². The molecule has 0 radical (unpaired) electrons. The van der Waals surface area contributed by atoms with E-state index in [1.165, 1.54) is 33.9 Å². The van der Waals surface area contributed by atoms with E-state index in [1.54, 1.807) is 6.07 Å². The molecule has 0 saturated heterocycles. The molecule has 3 aromatic carbocycles. The quantitative estimate of drug-likeness (QED) is 0.333. The summed E-state index contributed by atoms with van der Waals surface area (Å²) in [6.07, 6.45) is 4.86. The number of aromatic nitrogens is 3. The maximum atomic E-state index is 14.4. The minimum absolute atomic E-state index is 0.197. The summed E-state index contributed by atoms with van der Waals surface area (Å²) < 4.78 is 14.4. The first-order valence-electron chi connectivity index (χ1n) is 10.5. The number of hydrogen-bond donors (Lipinski definition) is 2. The van der Waals surface area contributed by atoms with Crippen molar-refractivity contribution in [1.29, 1.82) is 0 Å². The Balaban J connectivity index is 1.23. The molecule has 0 atom stereocenters. The fraction of sp³-hybridized carbons (Fsp3) is 0.0769. The average molecular weight is 439 g/mol. The average Bonchev–Trinajstić information content (AvgIpc) is 3.56. The third-order valence-corrected chi connectivity index (χ3v) is 6.75. The Bertz CT molecular complexity index is 1480. The van der Waals surface area contributed by atoms with E-state index in [0.29, 0.717) is 12.1 Å². The normalized spacial score (nSPS) is 12.7. The van der Waals surface area contributed by atoms with Gasteiger partial charge in [0.15, 0.2) is 0 Å². The largest absolute Gasteiger partial charge is 0.361 e. The van der Waals surface area contributed by atoms with E-state index in [-0.39, 0.29) is 5.82 Å². The molecule has 2 aromatic heterocycles. The summed E-state index contributed by atoms with van der Waals surface area (Å²) in [5.41, 5.74) is 7.17. The molecule has 0 amide bonds. The van der Waals surface area contributed by atoms with Gasteiger partial charge in [-0.1, -0.05) is 53.8 Å². The number of nitrogens with one attached hydrogen (secondary N) is 2. The molecule has 1 aliphatic rings. The molecule has 1 aliphatic carbocycles. The van der Waals surface area contributed by atoms with Gasteiger partial charge in [-0.25, -0.2) is 4.39 Å². The van der Waals surface area contributed by atoms with Crippen molar-refractivity contribution >= 4 is 32.9 Å². The van der Waals surface area contributed by atoms with Gasteiger partial charge in [0.1, 0.15) is 10.8 Å². The molecule has 0 saturated carbocycles. The number of fused-ring (bicyclic) bond motifs is 2. The number of halogens is 1. The first-order chi connectivity index (χ1) is 15.7. The van der Waals surface area contributed by atoms with Crippen molar-refractivity contribution in [3.05, 3.63) is 107 Å². The van der Waals surface area contributed by atoms with Crippen molar-refractivity contribution in [3.8, 4) is 10.6 Å². The van der Waals surface area contributed by atoms with Crippen LogP contribution in [-0.4, -0.2) is 15.2 Å². The molecule has 2 N–H and O–H groups in total. The predicted octanol–water partition coefficient (Wildman–Crippen LogP) is 6.43. The number of nitrogens with zero attached hydrogens (tertiary/aromatic N) is 2. The molecule has 32 heavy (non-hydrogen) atoms. The molecule has 0 unspecified atom stereocenters. The SMILES string of the molecule is Fc1ccccc1C1=CCc2ccc(-c3nnc(NCc4ccc5[nH]ccc5c4)s3)cc21. The molecule has 0 spiro atoms. The number of anilines is 1. The highest BCUT2D eigenvalue weighted by Crippen LogP contribution is 2.37. The Morgan fingerprint density at radius 3 is 2.84 bits per heavy atom. The van der Waals surface area contributed by atoms with Gasteiger partial charge in [-0.05, 0) is 64.4 Å². The molecule has 0 bridgehead atoms. The van der Waals surface area contributed by atoms with Gasteiger partial charge in [0.05, 0.1) is 0 Å². The summed E-state index contributed by atoms with van der Waals surface area (Å²) in [5, 5.41) is 14.9. The lowest BCUT2D eigenvalue weighted by molar-refractivity contribution is 0.624. The fourth-order valence-electron chi connectivity index (χ4n) is 4.20. The van der Waals surface area contributed by atoms with E-state index < -0.39 is 0 Å². The van der Waals surface area contributed by atoms with Gasteiger partial charge in [0, 0.05) is 29.4 Å². The van der Waals surface area contributed by atoms with E-state index in [9.17, 15) is 4.39 Å². The molecular formula is C26H19FN4S. The number of allylic oxidation sites excluding steroid dienone is 1. The van der Waals surface area contributed by atoms with Crippen LogP contribution in [0.3, 0.4) is 0 Å². The highest BCUT2D eigenvalue weighted by molar-refractivity contribution is 7.18. The van der Waals surface area contributed by atoms with Crippen LogP contribution in [0, 0.1) is 5.82 Å². The van der Waals surface area contributed by atoms with Crippen LogP contribution in [0.25, 0.3) is 27.0 Å². The van der Waals surface area contributed by atoms with Crippen LogP contribution < -0.4 is 5.32 Å². The van der Waals surface area contributed by atoms with Gasteiger partial charge in [0.2, 0.25) is 5.13 Å². The van der Waals surface area contributed by atoms with Crippen molar-refractivity contribution in [2.24, 2.45) is 0 Å². The second-order valence-corrected chi connectivity index (χ2v) is 8.82. The highest BCUT2D eigenvalue weighted by atomic mass is 32.1. The molecular weight excluding hydrogens is 419 g/mol.